The Bertz CT molecular complexity index is 2340. The van der Waals surface area contributed by atoms with Gasteiger partial charge < -0.3 is 19.7 Å². The van der Waals surface area contributed by atoms with Crippen LogP contribution in [0.1, 0.15) is 0 Å². The fraction of sp³-hybridized carbons (Fsp3) is 0. The summed E-state index contributed by atoms with van der Waals surface area (Å²) < 4.78 is 6.39. The summed E-state index contributed by atoms with van der Waals surface area (Å²) >= 11 is 0. The summed E-state index contributed by atoms with van der Waals surface area (Å²) in [6.45, 7) is 0. The largest absolute Gasteiger partial charge is 0.509 e. The van der Waals surface area contributed by atoms with E-state index in [1.165, 1.54) is 0 Å². The Balaban J connectivity index is 1.56. The van der Waals surface area contributed by atoms with Crippen LogP contribution in [0.3, 0.4) is 0 Å². The van der Waals surface area contributed by atoms with Crippen LogP contribution in [-0.2, 0) is 0 Å². The second kappa shape index (κ2) is 8.82. The highest BCUT2D eigenvalue weighted by Crippen LogP contribution is 2.49. The topological polar surface area (TPSA) is 73.8 Å². The van der Waals surface area contributed by atoms with E-state index in [1.54, 1.807) is 0 Å². The Morgan fingerprint density at radius 1 is 0.452 bits per heavy atom. The lowest BCUT2D eigenvalue weighted by atomic mass is 9.76. The minimum Gasteiger partial charge on any atom is -0.509 e. The zero-order valence-electron chi connectivity index (χ0n) is 22.2. The van der Waals surface area contributed by atoms with E-state index in [9.17, 15) is 15.3 Å². The number of hydrogen-bond acceptors (Lipinski definition) is 4. The third-order valence-electron chi connectivity index (χ3n) is 8.31. The Morgan fingerprint density at radius 3 is 1.67 bits per heavy atom. The molecule has 0 saturated heterocycles. The summed E-state index contributed by atoms with van der Waals surface area (Å²) in [6.07, 6.45) is 0. The number of rotatable bonds is 2. The molecule has 3 N–H and O–H groups in total. The molecule has 7 aromatic carbocycles. The quantitative estimate of drug-likeness (QED) is 0.0952. The van der Waals surface area contributed by atoms with Gasteiger partial charge in [0.1, 0.15) is 32.6 Å². The molecule has 194 valence electrons. The lowest BCUT2D eigenvalue weighted by molar-refractivity contribution is 0.404. The molecule has 0 amide bonds. The summed E-state index contributed by atoms with van der Waals surface area (Å²) in [7, 11) is 12.2. The summed E-state index contributed by atoms with van der Waals surface area (Å²) in [4.78, 5) is 0. The van der Waals surface area contributed by atoms with Crippen molar-refractivity contribution in [2.24, 2.45) is 0 Å². The van der Waals surface area contributed by atoms with Crippen LogP contribution in [-0.4, -0.2) is 31.0 Å². The summed E-state index contributed by atoms with van der Waals surface area (Å²) in [6, 6.07) is 34.3. The number of benzene rings is 7. The second-order valence-corrected chi connectivity index (χ2v) is 10.6. The van der Waals surface area contributed by atoms with Gasteiger partial charge in [-0.1, -0.05) is 84.9 Å². The maximum Gasteiger partial charge on any atom is 0.164 e. The molecular weight excluding hydrogens is 518 g/mol. The number of fused-ring (bicyclic) bond motifs is 6. The van der Waals surface area contributed by atoms with Gasteiger partial charge in [-0.25, -0.2) is 0 Å². The minimum absolute atomic E-state index is 0.110. The van der Waals surface area contributed by atoms with E-state index < -0.39 is 17.2 Å². The van der Waals surface area contributed by atoms with Crippen molar-refractivity contribution in [1.29, 1.82) is 0 Å². The first-order valence-corrected chi connectivity index (χ1v) is 13.5. The molecule has 0 aliphatic carbocycles. The molecule has 8 aromatic rings. The molecule has 6 heteroatoms. The van der Waals surface area contributed by atoms with Gasteiger partial charge in [0.25, 0.3) is 0 Å². The van der Waals surface area contributed by atoms with E-state index in [0.717, 1.165) is 65.4 Å². The Morgan fingerprint density at radius 2 is 1.02 bits per heavy atom. The van der Waals surface area contributed by atoms with Crippen LogP contribution >= 0.6 is 0 Å². The van der Waals surface area contributed by atoms with Crippen LogP contribution in [0.15, 0.2) is 108 Å². The molecule has 0 atom stereocenters. The smallest absolute Gasteiger partial charge is 0.164 e. The van der Waals surface area contributed by atoms with Crippen molar-refractivity contribution in [2.75, 3.05) is 0 Å². The molecule has 0 spiro atoms. The van der Waals surface area contributed by atoms with Crippen LogP contribution in [0.5, 0.6) is 17.2 Å². The predicted molar refractivity (Wildman–Crippen MR) is 173 cm³/mol. The van der Waals surface area contributed by atoms with E-state index in [-0.39, 0.29) is 16.5 Å². The first-order chi connectivity index (χ1) is 20.4. The second-order valence-electron chi connectivity index (χ2n) is 10.6. The van der Waals surface area contributed by atoms with Gasteiger partial charge in [0.2, 0.25) is 0 Å². The fourth-order valence-electron chi connectivity index (χ4n) is 6.41. The van der Waals surface area contributed by atoms with Gasteiger partial charge in [-0.15, -0.1) is 0 Å². The normalized spacial score (nSPS) is 11.8. The van der Waals surface area contributed by atoms with E-state index >= 15 is 0 Å². The van der Waals surface area contributed by atoms with Crippen LogP contribution in [0.4, 0.5) is 0 Å². The Hall–Kier alpha value is -5.35. The van der Waals surface area contributed by atoms with Gasteiger partial charge >= 0.3 is 0 Å². The van der Waals surface area contributed by atoms with Crippen molar-refractivity contribution < 1.29 is 19.7 Å². The van der Waals surface area contributed by atoms with E-state index in [2.05, 4.69) is 30.3 Å². The van der Waals surface area contributed by atoms with E-state index in [4.69, 9.17) is 20.1 Å². The predicted octanol–water partition coefficient (Wildman–Crippen LogP) is 7.08. The standard InChI is InChI=1S/C36H20B2O4/c37-32-31(34(39)36(41)33(38)35(32)40)30-22-12-5-3-10-20(22)28(21-11-4-6-13-23(21)30)24-14-7-15-26-29(24)25-16-18-8-1-2-9-19(18)17-27(25)42-26/h1-17,39-41H. The maximum atomic E-state index is 11.1. The van der Waals surface area contributed by atoms with Crippen LogP contribution in [0.2, 0.25) is 0 Å². The molecule has 0 unspecified atom stereocenters. The average molecular weight is 538 g/mol. The summed E-state index contributed by atoms with van der Waals surface area (Å²) in [5.74, 6) is -1.57. The molecule has 0 fully saturated rings. The number of aromatic hydroxyl groups is 3. The molecule has 0 bridgehead atoms. The Kier molecular flexibility index (Phi) is 5.14. The number of hydrogen-bond donors (Lipinski definition) is 3. The summed E-state index contributed by atoms with van der Waals surface area (Å²) in [5, 5.41) is 40.0. The molecule has 0 aliphatic heterocycles. The molecule has 4 nitrogen and oxygen atoms in total. The Labute approximate surface area is 242 Å². The van der Waals surface area contributed by atoms with Crippen LogP contribution < -0.4 is 10.9 Å². The number of phenols is 3. The highest BCUT2D eigenvalue weighted by atomic mass is 16.3. The zero-order valence-corrected chi connectivity index (χ0v) is 22.2. The van der Waals surface area contributed by atoms with Crippen molar-refractivity contribution >= 4 is 80.9 Å². The lowest BCUT2D eigenvalue weighted by Crippen LogP contribution is -2.18. The molecular formula is C36H20B2O4. The third kappa shape index (κ3) is 3.26. The van der Waals surface area contributed by atoms with Gasteiger partial charge in [0.15, 0.2) is 11.5 Å². The monoisotopic (exact) mass is 538 g/mol. The maximum absolute atomic E-state index is 11.1. The van der Waals surface area contributed by atoms with Crippen molar-refractivity contribution in [3.05, 3.63) is 103 Å². The fourth-order valence-corrected chi connectivity index (χ4v) is 6.41. The molecule has 42 heavy (non-hydrogen) atoms. The average Bonchev–Trinajstić information content (AvgIpc) is 3.39. The molecule has 0 saturated carbocycles. The van der Waals surface area contributed by atoms with Crippen molar-refractivity contribution in [2.45, 2.75) is 0 Å². The van der Waals surface area contributed by atoms with Gasteiger partial charge in [0.05, 0.1) is 0 Å². The van der Waals surface area contributed by atoms with Gasteiger partial charge in [-0.2, -0.15) is 0 Å². The molecule has 1 aromatic heterocycles. The SMILES string of the molecule is [B]c1c(O)c([B])c(-c2c3ccccc3c(-c3cccc4oc5cc6ccccc6cc5c34)c3ccccc23)c(O)c1O. The summed E-state index contributed by atoms with van der Waals surface area (Å²) in [5.41, 5.74) is 3.81. The van der Waals surface area contributed by atoms with Crippen molar-refractivity contribution in [3.63, 3.8) is 0 Å². The van der Waals surface area contributed by atoms with E-state index in [1.807, 2.05) is 72.8 Å². The van der Waals surface area contributed by atoms with E-state index in [0.29, 0.717) is 5.56 Å². The zero-order chi connectivity index (χ0) is 28.7. The molecule has 0 aliphatic rings. The number of furan rings is 1. The first kappa shape index (κ1) is 24.4. The molecule has 8 rings (SSSR count). The highest BCUT2D eigenvalue weighted by molar-refractivity contribution is 6.46. The molecule has 4 radical (unpaired) electrons. The highest BCUT2D eigenvalue weighted by Gasteiger charge is 2.25. The van der Waals surface area contributed by atoms with Gasteiger partial charge in [-0.05, 0) is 72.6 Å². The van der Waals surface area contributed by atoms with Crippen molar-refractivity contribution in [1.82, 2.24) is 0 Å². The lowest BCUT2D eigenvalue weighted by Gasteiger charge is -2.21. The third-order valence-corrected chi connectivity index (χ3v) is 8.31. The minimum atomic E-state index is -0.615. The van der Waals surface area contributed by atoms with Gasteiger partial charge in [-0.3, -0.25) is 0 Å². The van der Waals surface area contributed by atoms with Crippen LogP contribution in [0.25, 0.3) is 76.5 Å². The van der Waals surface area contributed by atoms with Gasteiger partial charge in [0, 0.05) is 21.9 Å². The van der Waals surface area contributed by atoms with Crippen LogP contribution in [0, 0.1) is 0 Å². The van der Waals surface area contributed by atoms with Crippen molar-refractivity contribution in [3.8, 4) is 39.5 Å². The first-order valence-electron chi connectivity index (χ1n) is 13.5. The molecule has 1 heterocycles. The number of phenolic OH excluding ortho intramolecular Hbond substituents is 3.